The first-order chi connectivity index (χ1) is 12.3. The van der Waals surface area contributed by atoms with Crippen LogP contribution in [0.15, 0.2) is 18.5 Å². The maximum absolute atomic E-state index is 12.4. The van der Waals surface area contributed by atoms with Gasteiger partial charge in [0.15, 0.2) is 0 Å². The number of nitrogens with zero attached hydrogens (tertiary/aromatic N) is 5. The van der Waals surface area contributed by atoms with Gasteiger partial charge >= 0.3 is 0 Å². The van der Waals surface area contributed by atoms with E-state index in [1.807, 2.05) is 6.07 Å². The topological polar surface area (TPSA) is 64.6 Å². The van der Waals surface area contributed by atoms with Gasteiger partial charge in [0.25, 0.3) is 0 Å². The Morgan fingerprint density at radius 2 is 1.68 bits per heavy atom. The van der Waals surface area contributed by atoms with Crippen molar-refractivity contribution in [3.63, 3.8) is 0 Å². The van der Waals surface area contributed by atoms with Crippen molar-refractivity contribution in [3.05, 3.63) is 18.5 Å². The highest BCUT2D eigenvalue weighted by Crippen LogP contribution is 2.29. The van der Waals surface area contributed by atoms with Crippen LogP contribution in [0, 0.1) is 0 Å². The molecule has 0 unspecified atom stereocenters. The van der Waals surface area contributed by atoms with Crippen molar-refractivity contribution in [2.75, 3.05) is 50.7 Å². The molecule has 1 N–H and O–H groups in total. The Hall–Kier alpha value is -1.73. The Balaban J connectivity index is 1.16. The van der Waals surface area contributed by atoms with Gasteiger partial charge in [-0.1, -0.05) is 0 Å². The number of likely N-dealkylation sites (tertiary alicyclic amines) is 1. The van der Waals surface area contributed by atoms with Gasteiger partial charge in [-0.15, -0.1) is 0 Å². The number of rotatable bonds is 5. The highest BCUT2D eigenvalue weighted by Gasteiger charge is 2.32. The Labute approximate surface area is 149 Å². The number of amides is 1. The van der Waals surface area contributed by atoms with E-state index in [9.17, 15) is 4.79 Å². The minimum Gasteiger partial charge on any atom is -0.352 e. The number of hydrogen-bond acceptors (Lipinski definition) is 6. The van der Waals surface area contributed by atoms with E-state index in [1.165, 1.54) is 12.8 Å². The van der Waals surface area contributed by atoms with Gasteiger partial charge in [-0.2, -0.15) is 0 Å². The summed E-state index contributed by atoms with van der Waals surface area (Å²) in [6.07, 6.45) is 8.49. The molecule has 7 nitrogen and oxygen atoms in total. The maximum Gasteiger partial charge on any atom is 0.234 e. The summed E-state index contributed by atoms with van der Waals surface area (Å²) in [6, 6.07) is 3.04. The van der Waals surface area contributed by atoms with Crippen LogP contribution in [0.4, 0.5) is 5.95 Å². The second-order valence-corrected chi connectivity index (χ2v) is 7.42. The zero-order valence-corrected chi connectivity index (χ0v) is 14.8. The van der Waals surface area contributed by atoms with E-state index in [4.69, 9.17) is 0 Å². The number of carbonyl (C=O) groups is 1. The van der Waals surface area contributed by atoms with Crippen molar-refractivity contribution >= 4 is 11.9 Å². The fraction of sp³-hybridized carbons (Fsp3) is 0.722. The third-order valence-electron chi connectivity index (χ3n) is 5.53. The van der Waals surface area contributed by atoms with Gasteiger partial charge < -0.3 is 15.1 Å². The molecule has 3 aliphatic rings. The molecule has 0 aromatic carbocycles. The van der Waals surface area contributed by atoms with E-state index in [1.54, 1.807) is 12.4 Å². The normalized spacial score (nSPS) is 23.6. The monoisotopic (exact) mass is 344 g/mol. The number of anilines is 1. The number of carbonyl (C=O) groups excluding carboxylic acids is 1. The Morgan fingerprint density at radius 1 is 1.00 bits per heavy atom. The number of piperazine rings is 1. The van der Waals surface area contributed by atoms with Gasteiger partial charge in [0.2, 0.25) is 11.9 Å². The lowest BCUT2D eigenvalue weighted by atomic mass is 10.0. The standard InChI is InChI=1S/C18H28N6O/c25-17(21-15-4-8-23(9-5-15)16-2-3-16)14-22-10-12-24(13-11-22)18-19-6-1-7-20-18/h1,6-7,15-16H,2-5,8-14H2,(H,21,25). The van der Waals surface area contributed by atoms with Crippen LogP contribution in [0.1, 0.15) is 25.7 Å². The zero-order chi connectivity index (χ0) is 17.1. The Morgan fingerprint density at radius 3 is 2.32 bits per heavy atom. The van der Waals surface area contributed by atoms with Crippen LogP contribution in [0.25, 0.3) is 0 Å². The van der Waals surface area contributed by atoms with Gasteiger partial charge in [-0.05, 0) is 31.7 Å². The molecule has 1 saturated carbocycles. The fourth-order valence-electron chi connectivity index (χ4n) is 3.89. The van der Waals surface area contributed by atoms with Crippen molar-refractivity contribution in [2.45, 2.75) is 37.8 Å². The minimum atomic E-state index is 0.175. The van der Waals surface area contributed by atoms with Crippen molar-refractivity contribution in [1.29, 1.82) is 0 Å². The lowest BCUT2D eigenvalue weighted by molar-refractivity contribution is -0.123. The summed E-state index contributed by atoms with van der Waals surface area (Å²) < 4.78 is 0. The molecule has 1 amide bonds. The first-order valence-corrected chi connectivity index (χ1v) is 9.56. The smallest absolute Gasteiger partial charge is 0.234 e. The molecule has 3 heterocycles. The second-order valence-electron chi connectivity index (χ2n) is 7.42. The highest BCUT2D eigenvalue weighted by molar-refractivity contribution is 5.78. The molecule has 3 fully saturated rings. The molecule has 7 heteroatoms. The van der Waals surface area contributed by atoms with Gasteiger partial charge in [0.05, 0.1) is 6.54 Å². The minimum absolute atomic E-state index is 0.175. The molecular weight excluding hydrogens is 316 g/mol. The Bertz CT molecular complexity index is 562. The summed E-state index contributed by atoms with van der Waals surface area (Å²) in [6.45, 7) is 6.30. The van der Waals surface area contributed by atoms with E-state index in [0.29, 0.717) is 12.6 Å². The summed E-state index contributed by atoms with van der Waals surface area (Å²) in [4.78, 5) is 28.0. The number of aromatic nitrogens is 2. The molecule has 25 heavy (non-hydrogen) atoms. The lowest BCUT2D eigenvalue weighted by Gasteiger charge is -2.35. The zero-order valence-electron chi connectivity index (χ0n) is 14.8. The average Bonchev–Trinajstić information content (AvgIpc) is 3.49. The second kappa shape index (κ2) is 7.66. The molecule has 1 aromatic rings. The van der Waals surface area contributed by atoms with E-state index < -0.39 is 0 Å². The van der Waals surface area contributed by atoms with Crippen molar-refractivity contribution in [1.82, 2.24) is 25.1 Å². The van der Waals surface area contributed by atoms with E-state index in [2.05, 4.69) is 30.0 Å². The highest BCUT2D eigenvalue weighted by atomic mass is 16.2. The van der Waals surface area contributed by atoms with Crippen LogP contribution in [0.5, 0.6) is 0 Å². The van der Waals surface area contributed by atoms with Crippen LogP contribution < -0.4 is 10.2 Å². The summed E-state index contributed by atoms with van der Waals surface area (Å²) in [7, 11) is 0. The molecule has 0 atom stereocenters. The quantitative estimate of drug-likeness (QED) is 0.831. The molecule has 0 spiro atoms. The number of nitrogens with one attached hydrogen (secondary N) is 1. The molecule has 1 aromatic heterocycles. The van der Waals surface area contributed by atoms with Crippen molar-refractivity contribution in [3.8, 4) is 0 Å². The van der Waals surface area contributed by atoms with Gasteiger partial charge in [0, 0.05) is 63.7 Å². The fourth-order valence-corrected chi connectivity index (χ4v) is 3.89. The number of hydrogen-bond donors (Lipinski definition) is 1. The van der Waals surface area contributed by atoms with Crippen molar-refractivity contribution < 1.29 is 4.79 Å². The molecule has 0 bridgehead atoms. The molecule has 0 radical (unpaired) electrons. The van der Waals surface area contributed by atoms with E-state index >= 15 is 0 Å². The largest absolute Gasteiger partial charge is 0.352 e. The first kappa shape index (κ1) is 16.7. The van der Waals surface area contributed by atoms with Crippen molar-refractivity contribution in [2.24, 2.45) is 0 Å². The average molecular weight is 344 g/mol. The van der Waals surface area contributed by atoms with Crippen LogP contribution in [0.3, 0.4) is 0 Å². The Kier molecular flexibility index (Phi) is 5.12. The lowest BCUT2D eigenvalue weighted by Crippen LogP contribution is -2.52. The summed E-state index contributed by atoms with van der Waals surface area (Å²) >= 11 is 0. The molecule has 4 rings (SSSR count). The number of piperidine rings is 1. The molecule has 1 aliphatic carbocycles. The van der Waals surface area contributed by atoms with Crippen LogP contribution >= 0.6 is 0 Å². The molecule has 2 saturated heterocycles. The van der Waals surface area contributed by atoms with E-state index in [-0.39, 0.29) is 5.91 Å². The van der Waals surface area contributed by atoms with Gasteiger partial charge in [-0.25, -0.2) is 9.97 Å². The summed E-state index contributed by atoms with van der Waals surface area (Å²) in [5.41, 5.74) is 0. The van der Waals surface area contributed by atoms with Gasteiger partial charge in [-0.3, -0.25) is 9.69 Å². The van der Waals surface area contributed by atoms with Crippen LogP contribution in [-0.2, 0) is 4.79 Å². The van der Waals surface area contributed by atoms with Crippen LogP contribution in [-0.4, -0.2) is 83.6 Å². The van der Waals surface area contributed by atoms with Gasteiger partial charge in [0.1, 0.15) is 0 Å². The SMILES string of the molecule is O=C(CN1CCN(c2ncccn2)CC1)NC1CCN(C2CC2)CC1. The molecular formula is C18H28N6O. The molecule has 136 valence electrons. The van der Waals surface area contributed by atoms with Crippen LogP contribution in [0.2, 0.25) is 0 Å². The maximum atomic E-state index is 12.4. The third kappa shape index (κ3) is 4.46. The predicted octanol–water partition coefficient (Wildman–Crippen LogP) is 0.342. The molecule has 2 aliphatic heterocycles. The van der Waals surface area contributed by atoms with E-state index in [0.717, 1.165) is 64.1 Å². The summed E-state index contributed by atoms with van der Waals surface area (Å²) in [5.74, 6) is 0.961. The first-order valence-electron chi connectivity index (χ1n) is 9.56. The summed E-state index contributed by atoms with van der Waals surface area (Å²) in [5, 5.41) is 3.24. The predicted molar refractivity (Wildman–Crippen MR) is 96.4 cm³/mol. The third-order valence-corrected chi connectivity index (χ3v) is 5.53.